The summed E-state index contributed by atoms with van der Waals surface area (Å²) < 4.78 is 0. The van der Waals surface area contributed by atoms with Crippen molar-refractivity contribution in [3.8, 4) is 0 Å². The molecule has 4 nitrogen and oxygen atoms in total. The number of ketones is 1. The average molecular weight is 235 g/mol. The Morgan fingerprint density at radius 1 is 1.24 bits per heavy atom. The van der Waals surface area contributed by atoms with E-state index in [0.29, 0.717) is 6.42 Å². The van der Waals surface area contributed by atoms with Gasteiger partial charge >= 0.3 is 0 Å². The second-order valence-electron chi connectivity index (χ2n) is 4.08. The second-order valence-corrected chi connectivity index (χ2v) is 4.08. The molecule has 0 aliphatic heterocycles. The molecule has 0 radical (unpaired) electrons. The average Bonchev–Trinajstić information content (AvgIpc) is 2.31. The Morgan fingerprint density at radius 3 is 2.18 bits per heavy atom. The van der Waals surface area contributed by atoms with Crippen LogP contribution in [0.2, 0.25) is 0 Å². The van der Waals surface area contributed by atoms with E-state index in [1.54, 1.807) is 12.1 Å². The zero-order valence-electron chi connectivity index (χ0n) is 10.2. The molecule has 92 valence electrons. The Labute approximate surface area is 101 Å². The predicted molar refractivity (Wildman–Crippen MR) is 65.9 cm³/mol. The van der Waals surface area contributed by atoms with E-state index in [9.17, 15) is 14.9 Å². The van der Waals surface area contributed by atoms with Gasteiger partial charge in [-0.15, -0.1) is 0 Å². The Hall–Kier alpha value is -1.71. The molecule has 0 saturated carbocycles. The fraction of sp³-hybridized carbons (Fsp3) is 0.462. The van der Waals surface area contributed by atoms with Crippen molar-refractivity contribution in [3.63, 3.8) is 0 Å². The highest BCUT2D eigenvalue weighted by Crippen LogP contribution is 2.16. The molecule has 1 aromatic carbocycles. The lowest BCUT2D eigenvalue weighted by molar-refractivity contribution is -0.384. The third-order valence-corrected chi connectivity index (χ3v) is 2.97. The van der Waals surface area contributed by atoms with Gasteiger partial charge in [-0.1, -0.05) is 26.0 Å². The molecule has 0 atom stereocenters. The molecule has 0 heterocycles. The number of rotatable bonds is 6. The van der Waals surface area contributed by atoms with Gasteiger partial charge in [0.05, 0.1) is 4.92 Å². The molecule has 1 rings (SSSR count). The number of Topliss-reactive ketones (excluding diaryl/α,β-unsaturated/α-hetero) is 1. The molecule has 4 heteroatoms. The molecule has 0 aliphatic rings. The van der Waals surface area contributed by atoms with E-state index >= 15 is 0 Å². The van der Waals surface area contributed by atoms with E-state index in [4.69, 9.17) is 0 Å². The van der Waals surface area contributed by atoms with Gasteiger partial charge in [-0.25, -0.2) is 0 Å². The molecule has 0 spiro atoms. The molecular formula is C13H17NO3. The van der Waals surface area contributed by atoms with Crippen LogP contribution in [0.15, 0.2) is 24.3 Å². The van der Waals surface area contributed by atoms with Crippen molar-refractivity contribution in [1.29, 1.82) is 0 Å². The number of nitrogens with zero attached hydrogens (tertiary/aromatic N) is 1. The summed E-state index contributed by atoms with van der Waals surface area (Å²) in [5.41, 5.74) is 0.899. The minimum Gasteiger partial charge on any atom is -0.299 e. The van der Waals surface area contributed by atoms with Crippen LogP contribution in [0, 0.1) is 16.0 Å². The van der Waals surface area contributed by atoms with Gasteiger partial charge in [0.25, 0.3) is 5.69 Å². The van der Waals surface area contributed by atoms with E-state index in [1.807, 2.05) is 13.8 Å². The van der Waals surface area contributed by atoms with Crippen LogP contribution in [-0.2, 0) is 11.2 Å². The first kappa shape index (κ1) is 13.4. The van der Waals surface area contributed by atoms with Gasteiger partial charge in [0.2, 0.25) is 0 Å². The van der Waals surface area contributed by atoms with Crippen molar-refractivity contribution >= 4 is 11.5 Å². The zero-order chi connectivity index (χ0) is 12.8. The number of hydrogen-bond donors (Lipinski definition) is 0. The Morgan fingerprint density at radius 2 is 1.76 bits per heavy atom. The molecule has 0 aromatic heterocycles. The highest BCUT2D eigenvalue weighted by atomic mass is 16.6. The second kappa shape index (κ2) is 6.13. The van der Waals surface area contributed by atoms with Crippen LogP contribution in [0.1, 0.15) is 32.3 Å². The van der Waals surface area contributed by atoms with Crippen LogP contribution >= 0.6 is 0 Å². The first-order valence-electron chi connectivity index (χ1n) is 5.84. The maximum atomic E-state index is 11.9. The predicted octanol–water partition coefficient (Wildman–Crippen LogP) is 3.14. The summed E-state index contributed by atoms with van der Waals surface area (Å²) in [4.78, 5) is 21.9. The van der Waals surface area contributed by atoms with Gasteiger partial charge in [-0.2, -0.15) is 0 Å². The number of nitro groups is 1. The molecule has 0 amide bonds. The van der Waals surface area contributed by atoms with E-state index < -0.39 is 4.92 Å². The van der Waals surface area contributed by atoms with Crippen molar-refractivity contribution in [2.75, 3.05) is 0 Å². The first-order chi connectivity index (χ1) is 8.08. The number of carbonyl (C=O) groups excluding carboxylic acids is 1. The molecule has 0 unspecified atom stereocenters. The highest BCUT2D eigenvalue weighted by Gasteiger charge is 2.15. The fourth-order valence-corrected chi connectivity index (χ4v) is 1.83. The molecule has 0 N–H and O–H groups in total. The summed E-state index contributed by atoms with van der Waals surface area (Å²) in [5, 5.41) is 10.5. The quantitative estimate of drug-likeness (QED) is 0.562. The monoisotopic (exact) mass is 235 g/mol. The van der Waals surface area contributed by atoms with Gasteiger partial charge in [-0.3, -0.25) is 14.9 Å². The van der Waals surface area contributed by atoms with Crippen molar-refractivity contribution < 1.29 is 9.72 Å². The Bertz CT molecular complexity index is 394. The number of hydrogen-bond acceptors (Lipinski definition) is 3. The molecule has 0 saturated heterocycles. The van der Waals surface area contributed by atoms with Gasteiger partial charge < -0.3 is 0 Å². The summed E-state index contributed by atoms with van der Waals surface area (Å²) in [6.07, 6.45) is 2.06. The van der Waals surface area contributed by atoms with Crippen LogP contribution in [-0.4, -0.2) is 10.7 Å². The zero-order valence-corrected chi connectivity index (χ0v) is 10.2. The van der Waals surface area contributed by atoms with Crippen molar-refractivity contribution in [2.45, 2.75) is 33.1 Å². The maximum Gasteiger partial charge on any atom is 0.269 e. The summed E-state index contributed by atoms with van der Waals surface area (Å²) in [6.45, 7) is 4.00. The van der Waals surface area contributed by atoms with Crippen molar-refractivity contribution in [1.82, 2.24) is 0 Å². The van der Waals surface area contributed by atoms with Gasteiger partial charge in [-0.05, 0) is 18.4 Å². The minimum absolute atomic E-state index is 0.0590. The number of benzene rings is 1. The van der Waals surface area contributed by atoms with E-state index in [0.717, 1.165) is 18.4 Å². The minimum atomic E-state index is -0.438. The maximum absolute atomic E-state index is 11.9. The number of carbonyl (C=O) groups is 1. The molecule has 0 fully saturated rings. The summed E-state index contributed by atoms with van der Waals surface area (Å²) in [7, 11) is 0. The van der Waals surface area contributed by atoms with E-state index in [1.165, 1.54) is 12.1 Å². The number of non-ortho nitro benzene ring substituents is 1. The van der Waals surface area contributed by atoms with E-state index in [-0.39, 0.29) is 17.4 Å². The van der Waals surface area contributed by atoms with E-state index in [2.05, 4.69) is 0 Å². The summed E-state index contributed by atoms with van der Waals surface area (Å²) in [6, 6.07) is 6.18. The third-order valence-electron chi connectivity index (χ3n) is 2.97. The van der Waals surface area contributed by atoms with Crippen LogP contribution in [0.4, 0.5) is 5.69 Å². The normalized spacial score (nSPS) is 10.5. The van der Waals surface area contributed by atoms with Gasteiger partial charge in [0.1, 0.15) is 5.78 Å². The molecule has 0 aliphatic carbocycles. The highest BCUT2D eigenvalue weighted by molar-refractivity contribution is 5.83. The van der Waals surface area contributed by atoms with Crippen LogP contribution in [0.25, 0.3) is 0 Å². The van der Waals surface area contributed by atoms with Crippen LogP contribution in [0.5, 0.6) is 0 Å². The first-order valence-corrected chi connectivity index (χ1v) is 5.84. The largest absolute Gasteiger partial charge is 0.299 e. The SMILES string of the molecule is CCC(CC)C(=O)Cc1ccc([N+](=O)[O-])cc1. The lowest BCUT2D eigenvalue weighted by atomic mass is 9.93. The fourth-order valence-electron chi connectivity index (χ4n) is 1.83. The van der Waals surface area contributed by atoms with Gasteiger partial charge in [0.15, 0.2) is 0 Å². The van der Waals surface area contributed by atoms with Crippen molar-refractivity contribution in [3.05, 3.63) is 39.9 Å². The molecule has 0 bridgehead atoms. The topological polar surface area (TPSA) is 60.2 Å². The lowest BCUT2D eigenvalue weighted by Gasteiger charge is -2.10. The van der Waals surface area contributed by atoms with Crippen molar-refractivity contribution in [2.24, 2.45) is 5.92 Å². The lowest BCUT2D eigenvalue weighted by Crippen LogP contribution is -2.15. The van der Waals surface area contributed by atoms with Gasteiger partial charge in [0, 0.05) is 24.5 Å². The summed E-state index contributed by atoms with van der Waals surface area (Å²) in [5.74, 6) is 0.314. The third kappa shape index (κ3) is 3.66. The molecular weight excluding hydrogens is 218 g/mol. The Kier molecular flexibility index (Phi) is 4.82. The van der Waals surface area contributed by atoms with Crippen LogP contribution in [0.3, 0.4) is 0 Å². The molecule has 17 heavy (non-hydrogen) atoms. The summed E-state index contributed by atoms with van der Waals surface area (Å²) >= 11 is 0. The standard InChI is InChI=1S/C13H17NO3/c1-3-11(4-2)13(15)9-10-5-7-12(8-6-10)14(16)17/h5-8,11H,3-4,9H2,1-2H3. The Balaban J connectivity index is 2.69. The number of nitro benzene ring substituents is 1. The smallest absolute Gasteiger partial charge is 0.269 e. The van der Waals surface area contributed by atoms with Crippen LogP contribution < -0.4 is 0 Å². The molecule has 1 aromatic rings.